The number of nitrogens with zero attached hydrogens (tertiary/aromatic N) is 5. The average molecular weight is 461 g/mol. The van der Waals surface area contributed by atoms with Crippen LogP contribution < -0.4 is 11.1 Å². The fourth-order valence-electron chi connectivity index (χ4n) is 3.56. The molecule has 1 aromatic carbocycles. The van der Waals surface area contributed by atoms with Crippen molar-refractivity contribution in [2.24, 2.45) is 5.73 Å². The second kappa shape index (κ2) is 8.67. The third-order valence-electron chi connectivity index (χ3n) is 5.28. The van der Waals surface area contributed by atoms with Gasteiger partial charge in [0.2, 0.25) is 0 Å². The van der Waals surface area contributed by atoms with Gasteiger partial charge in [0.05, 0.1) is 46.0 Å². The van der Waals surface area contributed by atoms with Crippen molar-refractivity contribution in [3.8, 4) is 6.07 Å². The third kappa shape index (κ3) is 4.04. The molecule has 0 unspecified atom stereocenters. The predicted octanol–water partition coefficient (Wildman–Crippen LogP) is 2.99. The van der Waals surface area contributed by atoms with Crippen LogP contribution in [0.1, 0.15) is 43.5 Å². The first kappa shape index (κ1) is 22.5. The van der Waals surface area contributed by atoms with E-state index in [-0.39, 0.29) is 28.7 Å². The number of halogens is 2. The number of nitrogens with one attached hydrogen (secondary N) is 1. The highest BCUT2D eigenvalue weighted by Gasteiger charge is 2.21. The van der Waals surface area contributed by atoms with Crippen LogP contribution in [0.5, 0.6) is 0 Å². The Balaban J connectivity index is 1.73. The zero-order valence-electron chi connectivity index (χ0n) is 18.1. The minimum atomic E-state index is -1.17. The van der Waals surface area contributed by atoms with E-state index >= 15 is 0 Å². The van der Waals surface area contributed by atoms with Crippen molar-refractivity contribution >= 4 is 28.4 Å². The van der Waals surface area contributed by atoms with Crippen LogP contribution in [-0.2, 0) is 6.54 Å². The van der Waals surface area contributed by atoms with Gasteiger partial charge in [0.15, 0.2) is 11.6 Å². The Bertz CT molecular complexity index is 1520. The van der Waals surface area contributed by atoms with Crippen LogP contribution in [0.3, 0.4) is 0 Å². The van der Waals surface area contributed by atoms with Gasteiger partial charge in [-0.15, -0.1) is 0 Å². The number of benzene rings is 1. The monoisotopic (exact) mass is 461 g/mol. The molecule has 0 aliphatic carbocycles. The van der Waals surface area contributed by atoms with E-state index in [1.54, 1.807) is 36.9 Å². The van der Waals surface area contributed by atoms with Crippen molar-refractivity contribution in [1.82, 2.24) is 19.7 Å². The first-order valence-electron chi connectivity index (χ1n) is 9.98. The summed E-state index contributed by atoms with van der Waals surface area (Å²) in [5, 5.41) is 16.4. The fourth-order valence-corrected chi connectivity index (χ4v) is 3.56. The Morgan fingerprint density at radius 2 is 1.94 bits per heavy atom. The first-order valence-corrected chi connectivity index (χ1v) is 9.98. The second-order valence-corrected chi connectivity index (χ2v) is 7.47. The van der Waals surface area contributed by atoms with Crippen LogP contribution in [0.25, 0.3) is 10.9 Å². The van der Waals surface area contributed by atoms with Gasteiger partial charge in [-0.2, -0.15) is 10.4 Å². The SMILES string of the molecule is Cc1nn(Cc2ncccc2C#N)c(C)c1NC(=O)c1cc(C(N)=O)nc2cc(F)c(F)cc12. The number of fused-ring (bicyclic) bond motifs is 1. The molecule has 0 saturated heterocycles. The molecule has 0 spiro atoms. The van der Waals surface area contributed by atoms with E-state index in [1.165, 1.54) is 0 Å². The number of hydrogen-bond acceptors (Lipinski definition) is 6. The summed E-state index contributed by atoms with van der Waals surface area (Å²) in [4.78, 5) is 33.0. The van der Waals surface area contributed by atoms with Crippen LogP contribution in [0.4, 0.5) is 14.5 Å². The number of primary amides is 1. The molecule has 0 radical (unpaired) electrons. The number of aryl methyl sites for hydroxylation is 1. The minimum absolute atomic E-state index is 0.0104. The Kier molecular flexibility index (Phi) is 5.73. The van der Waals surface area contributed by atoms with Crippen LogP contribution >= 0.6 is 0 Å². The van der Waals surface area contributed by atoms with Crippen molar-refractivity contribution in [3.05, 3.63) is 82.1 Å². The number of carbonyl (C=O) groups is 2. The quantitative estimate of drug-likeness (QED) is 0.468. The van der Waals surface area contributed by atoms with E-state index in [2.05, 4.69) is 26.5 Å². The van der Waals surface area contributed by atoms with E-state index in [4.69, 9.17) is 5.73 Å². The van der Waals surface area contributed by atoms with Crippen molar-refractivity contribution in [1.29, 1.82) is 5.26 Å². The number of pyridine rings is 2. The van der Waals surface area contributed by atoms with E-state index in [1.807, 2.05) is 0 Å². The van der Waals surface area contributed by atoms with E-state index < -0.39 is 23.4 Å². The molecular formula is C23H17F2N7O2. The summed E-state index contributed by atoms with van der Waals surface area (Å²) in [5.74, 6) is -3.96. The molecule has 9 nitrogen and oxygen atoms in total. The molecule has 0 bridgehead atoms. The van der Waals surface area contributed by atoms with E-state index in [0.717, 1.165) is 18.2 Å². The lowest BCUT2D eigenvalue weighted by Gasteiger charge is -2.11. The molecule has 0 saturated carbocycles. The van der Waals surface area contributed by atoms with Crippen LogP contribution in [0.15, 0.2) is 36.5 Å². The molecule has 4 rings (SSSR count). The molecule has 0 aliphatic rings. The molecule has 2 amide bonds. The molecule has 3 N–H and O–H groups in total. The van der Waals surface area contributed by atoms with Crippen molar-refractivity contribution < 1.29 is 18.4 Å². The Morgan fingerprint density at radius 1 is 1.21 bits per heavy atom. The lowest BCUT2D eigenvalue weighted by atomic mass is 10.1. The second-order valence-electron chi connectivity index (χ2n) is 7.47. The molecule has 3 heterocycles. The van der Waals surface area contributed by atoms with Crippen LogP contribution in [0.2, 0.25) is 0 Å². The highest BCUT2D eigenvalue weighted by Crippen LogP contribution is 2.25. The molecule has 3 aromatic heterocycles. The largest absolute Gasteiger partial charge is 0.364 e. The summed E-state index contributed by atoms with van der Waals surface area (Å²) in [6.45, 7) is 3.59. The number of rotatable bonds is 5. The molecule has 0 fully saturated rings. The lowest BCUT2D eigenvalue weighted by molar-refractivity contribution is 0.0996. The standard InChI is InChI=1S/C23H17F2N7O2/c1-11-21(12(2)32(31-11)10-20-13(9-26)4-3-5-28-20)30-23(34)15-7-19(22(27)33)29-18-8-17(25)16(24)6-14(15)18/h3-8H,10H2,1-2H3,(H2,27,33)(H,30,34). The molecule has 0 aliphatic heterocycles. The molecule has 0 atom stereocenters. The number of anilines is 1. The van der Waals surface area contributed by atoms with E-state index in [9.17, 15) is 23.6 Å². The Morgan fingerprint density at radius 3 is 2.65 bits per heavy atom. The predicted molar refractivity (Wildman–Crippen MR) is 118 cm³/mol. The normalized spacial score (nSPS) is 10.8. The molecule has 11 heteroatoms. The van der Waals surface area contributed by atoms with Crippen molar-refractivity contribution in [3.63, 3.8) is 0 Å². The topological polar surface area (TPSA) is 140 Å². The molecule has 34 heavy (non-hydrogen) atoms. The third-order valence-corrected chi connectivity index (χ3v) is 5.28. The highest BCUT2D eigenvalue weighted by molar-refractivity contribution is 6.14. The number of hydrogen-bond donors (Lipinski definition) is 2. The van der Waals surface area contributed by atoms with Gasteiger partial charge in [0.1, 0.15) is 11.8 Å². The van der Waals surface area contributed by atoms with Gasteiger partial charge >= 0.3 is 0 Å². The smallest absolute Gasteiger partial charge is 0.267 e. The van der Waals surface area contributed by atoms with Gasteiger partial charge in [-0.1, -0.05) is 0 Å². The Hall–Kier alpha value is -4.72. The van der Waals surface area contributed by atoms with Crippen molar-refractivity contribution in [2.75, 3.05) is 5.32 Å². The van der Waals surface area contributed by atoms with Crippen LogP contribution in [0, 0.1) is 36.8 Å². The summed E-state index contributed by atoms with van der Waals surface area (Å²) < 4.78 is 29.2. The summed E-state index contributed by atoms with van der Waals surface area (Å²) >= 11 is 0. The van der Waals surface area contributed by atoms with Crippen molar-refractivity contribution in [2.45, 2.75) is 20.4 Å². The number of amides is 2. The number of nitriles is 1. The maximum atomic E-state index is 13.9. The summed E-state index contributed by atoms with van der Waals surface area (Å²) in [5.41, 5.74) is 7.17. The minimum Gasteiger partial charge on any atom is -0.364 e. The van der Waals surface area contributed by atoms with Crippen LogP contribution in [-0.4, -0.2) is 31.6 Å². The van der Waals surface area contributed by atoms with Gasteiger partial charge in [-0.05, 0) is 38.1 Å². The number of nitrogens with two attached hydrogens (primary N) is 1. The van der Waals surface area contributed by atoms with Gasteiger partial charge in [0.25, 0.3) is 11.8 Å². The average Bonchev–Trinajstić information content (AvgIpc) is 3.06. The Labute approximate surface area is 191 Å². The molecule has 170 valence electrons. The van der Waals surface area contributed by atoms with Gasteiger partial charge < -0.3 is 11.1 Å². The summed E-state index contributed by atoms with van der Waals surface area (Å²) in [6, 6.07) is 8.13. The summed E-state index contributed by atoms with van der Waals surface area (Å²) in [6.07, 6.45) is 1.57. The summed E-state index contributed by atoms with van der Waals surface area (Å²) in [7, 11) is 0. The number of aromatic nitrogens is 4. The highest BCUT2D eigenvalue weighted by atomic mass is 19.2. The fraction of sp³-hybridized carbons (Fsp3) is 0.130. The van der Waals surface area contributed by atoms with Gasteiger partial charge in [-0.3, -0.25) is 19.3 Å². The molecular weight excluding hydrogens is 444 g/mol. The number of carbonyl (C=O) groups excluding carboxylic acids is 2. The first-order chi connectivity index (χ1) is 16.2. The lowest BCUT2D eigenvalue weighted by Crippen LogP contribution is -2.18. The van der Waals surface area contributed by atoms with Gasteiger partial charge in [0, 0.05) is 17.6 Å². The maximum absolute atomic E-state index is 13.9. The van der Waals surface area contributed by atoms with E-state index in [0.29, 0.717) is 28.3 Å². The zero-order chi connectivity index (χ0) is 24.6. The van der Waals surface area contributed by atoms with Gasteiger partial charge in [-0.25, -0.2) is 13.8 Å². The zero-order valence-corrected chi connectivity index (χ0v) is 18.1. The molecule has 4 aromatic rings. The maximum Gasteiger partial charge on any atom is 0.267 e.